The molecule has 0 radical (unpaired) electrons. The largest absolute Gasteiger partial charge is 0.451 e. The van der Waals surface area contributed by atoms with Crippen LogP contribution in [0.1, 0.15) is 23.2 Å². The third-order valence-corrected chi connectivity index (χ3v) is 7.82. The Balaban J connectivity index is 1.36. The zero-order valence-electron chi connectivity index (χ0n) is 21.6. The van der Waals surface area contributed by atoms with Crippen LogP contribution in [-0.4, -0.2) is 90.6 Å². The molecular formula is C28H33FN6O3. The van der Waals surface area contributed by atoms with E-state index in [0.717, 1.165) is 39.1 Å². The quantitative estimate of drug-likeness (QED) is 0.377. The van der Waals surface area contributed by atoms with Crippen molar-refractivity contribution in [1.82, 2.24) is 19.3 Å². The van der Waals surface area contributed by atoms with Crippen molar-refractivity contribution in [2.45, 2.75) is 18.9 Å². The summed E-state index contributed by atoms with van der Waals surface area (Å²) in [6, 6.07) is 8.47. The van der Waals surface area contributed by atoms with E-state index in [-0.39, 0.29) is 34.3 Å². The van der Waals surface area contributed by atoms with Crippen LogP contribution in [0.5, 0.6) is 11.5 Å². The number of fused-ring (bicyclic) bond motifs is 2. The first-order chi connectivity index (χ1) is 18.4. The fourth-order valence-corrected chi connectivity index (χ4v) is 5.61. The molecule has 3 aromatic rings. The van der Waals surface area contributed by atoms with Crippen molar-refractivity contribution >= 4 is 22.5 Å². The minimum absolute atomic E-state index is 0.00142. The molecule has 0 aliphatic carbocycles. The average molecular weight is 521 g/mol. The van der Waals surface area contributed by atoms with Gasteiger partial charge in [-0.1, -0.05) is 12.1 Å². The van der Waals surface area contributed by atoms with Gasteiger partial charge in [0.25, 0.3) is 5.91 Å². The molecule has 38 heavy (non-hydrogen) atoms. The summed E-state index contributed by atoms with van der Waals surface area (Å²) in [5, 5.41) is 3.34. The van der Waals surface area contributed by atoms with Crippen molar-refractivity contribution in [1.29, 1.82) is 0 Å². The Kier molecular flexibility index (Phi) is 6.55. The first-order valence-corrected chi connectivity index (χ1v) is 13.3. The minimum atomic E-state index is -0.581. The van der Waals surface area contributed by atoms with Crippen LogP contribution in [0.4, 0.5) is 10.1 Å². The summed E-state index contributed by atoms with van der Waals surface area (Å²) in [5.74, 6) is -0.177. The van der Waals surface area contributed by atoms with E-state index < -0.39 is 11.2 Å². The Morgan fingerprint density at radius 2 is 1.97 bits per heavy atom. The molecule has 2 saturated heterocycles. The molecule has 3 aliphatic rings. The Morgan fingerprint density at radius 3 is 2.74 bits per heavy atom. The number of nitrogens with two attached hydrogens (primary N) is 1. The molecule has 2 fully saturated rings. The number of likely N-dealkylation sites (tertiary alicyclic amines) is 1. The summed E-state index contributed by atoms with van der Waals surface area (Å²) in [4.78, 5) is 33.2. The van der Waals surface area contributed by atoms with Crippen molar-refractivity contribution in [3.63, 3.8) is 0 Å². The van der Waals surface area contributed by atoms with Crippen LogP contribution in [0.2, 0.25) is 0 Å². The smallest absolute Gasteiger partial charge is 0.259 e. The second kappa shape index (κ2) is 10.0. The number of carbonyl (C=O) groups excluding carboxylic acids is 1. The number of anilines is 1. The molecule has 0 bridgehead atoms. The number of hydrogen-bond donors (Lipinski definition) is 2. The van der Waals surface area contributed by atoms with Gasteiger partial charge in [0.1, 0.15) is 16.8 Å². The number of nitrogens with zero attached hydrogens (tertiary/aromatic N) is 4. The van der Waals surface area contributed by atoms with Crippen LogP contribution in [0.3, 0.4) is 0 Å². The van der Waals surface area contributed by atoms with Crippen LogP contribution in [-0.2, 0) is 0 Å². The first kappa shape index (κ1) is 24.8. The van der Waals surface area contributed by atoms with Crippen molar-refractivity contribution in [2.24, 2.45) is 5.73 Å². The van der Waals surface area contributed by atoms with Crippen molar-refractivity contribution in [3.8, 4) is 17.2 Å². The van der Waals surface area contributed by atoms with Gasteiger partial charge in [0, 0.05) is 58.1 Å². The summed E-state index contributed by atoms with van der Waals surface area (Å²) in [7, 11) is 2.13. The van der Waals surface area contributed by atoms with Crippen LogP contribution < -0.4 is 21.2 Å². The molecule has 0 saturated carbocycles. The van der Waals surface area contributed by atoms with E-state index in [4.69, 9.17) is 10.5 Å². The molecule has 9 nitrogen and oxygen atoms in total. The molecule has 4 heterocycles. The predicted molar refractivity (Wildman–Crippen MR) is 145 cm³/mol. The lowest BCUT2D eigenvalue weighted by atomic mass is 10.1. The summed E-state index contributed by atoms with van der Waals surface area (Å²) >= 11 is 0. The van der Waals surface area contributed by atoms with Gasteiger partial charge < -0.3 is 35.1 Å². The maximum Gasteiger partial charge on any atom is 0.259 e. The Morgan fingerprint density at radius 1 is 1.18 bits per heavy atom. The van der Waals surface area contributed by atoms with Gasteiger partial charge in [-0.05, 0) is 44.6 Å². The van der Waals surface area contributed by atoms with Gasteiger partial charge in [0.05, 0.1) is 11.1 Å². The van der Waals surface area contributed by atoms with Gasteiger partial charge >= 0.3 is 0 Å². The number of aromatic nitrogens is 1. The van der Waals surface area contributed by atoms with E-state index in [1.807, 2.05) is 18.2 Å². The molecule has 0 spiro atoms. The SMILES string of the molecule is CN1CCN(CCCNc2c(F)cc3c(=O)c(C(=O)N4CCC(N)C4)cn4c3c2Oc2ccccc2-4)CC1. The van der Waals surface area contributed by atoms with Gasteiger partial charge in [-0.3, -0.25) is 9.59 Å². The van der Waals surface area contributed by atoms with Crippen LogP contribution in [0.25, 0.3) is 16.6 Å². The zero-order chi connectivity index (χ0) is 26.4. The van der Waals surface area contributed by atoms with Gasteiger partial charge in [0.2, 0.25) is 5.43 Å². The molecule has 3 N–H and O–H groups in total. The molecule has 2 aromatic carbocycles. The number of para-hydroxylation sites is 2. The highest BCUT2D eigenvalue weighted by molar-refractivity contribution is 6.01. The van der Waals surface area contributed by atoms with E-state index >= 15 is 4.39 Å². The summed E-state index contributed by atoms with van der Waals surface area (Å²) < 4.78 is 23.6. The fraction of sp³-hybridized carbons (Fsp3) is 0.429. The lowest BCUT2D eigenvalue weighted by molar-refractivity contribution is 0.0789. The van der Waals surface area contributed by atoms with E-state index in [1.165, 1.54) is 6.07 Å². The molecule has 1 aromatic heterocycles. The average Bonchev–Trinajstić information content (AvgIpc) is 3.36. The molecule has 1 atom stereocenters. The number of carbonyl (C=O) groups is 1. The lowest BCUT2D eigenvalue weighted by Gasteiger charge is -2.32. The number of ether oxygens (including phenoxy) is 1. The van der Waals surface area contributed by atoms with Gasteiger partial charge in [0.15, 0.2) is 17.3 Å². The van der Waals surface area contributed by atoms with Crippen molar-refractivity contribution < 1.29 is 13.9 Å². The standard InChI is InChI=1S/C28H33FN6O3/c1-32-11-13-33(14-12-32)9-4-8-31-24-21(29)15-19-25-27(24)38-23-6-3-2-5-22(23)35(25)17-20(26(19)36)28(37)34-10-7-18(30)16-34/h2-3,5-6,15,17-18,31H,4,7-14,16,30H2,1H3. The van der Waals surface area contributed by atoms with Crippen LogP contribution in [0.15, 0.2) is 41.3 Å². The number of rotatable bonds is 6. The second-order valence-electron chi connectivity index (χ2n) is 10.5. The Hall–Kier alpha value is -3.47. The number of nitrogens with one attached hydrogen (secondary N) is 1. The normalized spacial score (nSPS) is 19.4. The molecular weight excluding hydrogens is 487 g/mol. The maximum atomic E-state index is 15.6. The third-order valence-electron chi connectivity index (χ3n) is 7.82. The molecule has 200 valence electrons. The van der Waals surface area contributed by atoms with E-state index in [0.29, 0.717) is 43.0 Å². The number of halogens is 1. The molecule has 1 amide bonds. The Bertz CT molecular complexity index is 1450. The summed E-state index contributed by atoms with van der Waals surface area (Å²) in [5.41, 5.74) is 6.85. The van der Waals surface area contributed by atoms with Crippen molar-refractivity contribution in [3.05, 3.63) is 58.1 Å². The highest BCUT2D eigenvalue weighted by Crippen LogP contribution is 2.45. The highest BCUT2D eigenvalue weighted by Gasteiger charge is 2.31. The van der Waals surface area contributed by atoms with Crippen molar-refractivity contribution in [2.75, 3.05) is 64.7 Å². The second-order valence-corrected chi connectivity index (χ2v) is 10.5. The number of benzene rings is 2. The van der Waals surface area contributed by atoms with E-state index in [1.54, 1.807) is 21.7 Å². The van der Waals surface area contributed by atoms with E-state index in [2.05, 4.69) is 22.2 Å². The van der Waals surface area contributed by atoms with Gasteiger partial charge in [-0.15, -0.1) is 0 Å². The number of hydrogen-bond acceptors (Lipinski definition) is 7. The lowest BCUT2D eigenvalue weighted by Crippen LogP contribution is -2.44. The first-order valence-electron chi connectivity index (χ1n) is 13.3. The molecule has 10 heteroatoms. The maximum absolute atomic E-state index is 15.6. The van der Waals surface area contributed by atoms with Crippen LogP contribution >= 0.6 is 0 Å². The number of piperazine rings is 1. The number of likely N-dealkylation sites (N-methyl/N-ethyl adjacent to an activating group) is 1. The molecule has 6 rings (SSSR count). The summed E-state index contributed by atoms with van der Waals surface area (Å²) in [6.45, 7) is 6.54. The number of pyridine rings is 1. The fourth-order valence-electron chi connectivity index (χ4n) is 5.61. The van der Waals surface area contributed by atoms with Crippen LogP contribution in [0, 0.1) is 5.82 Å². The molecule has 1 unspecified atom stereocenters. The third kappa shape index (κ3) is 4.42. The number of amides is 1. The topological polar surface area (TPSA) is 96.1 Å². The van der Waals surface area contributed by atoms with E-state index in [9.17, 15) is 9.59 Å². The minimum Gasteiger partial charge on any atom is -0.451 e. The van der Waals surface area contributed by atoms with Gasteiger partial charge in [-0.25, -0.2) is 4.39 Å². The highest BCUT2D eigenvalue weighted by atomic mass is 19.1. The zero-order valence-corrected chi connectivity index (χ0v) is 21.6. The Labute approximate surface area is 220 Å². The predicted octanol–water partition coefficient (Wildman–Crippen LogP) is 2.46. The van der Waals surface area contributed by atoms with Gasteiger partial charge in [-0.2, -0.15) is 0 Å². The monoisotopic (exact) mass is 520 g/mol. The summed E-state index contributed by atoms with van der Waals surface area (Å²) in [6.07, 6.45) is 3.10. The molecule has 3 aliphatic heterocycles.